The van der Waals surface area contributed by atoms with Gasteiger partial charge in [-0.05, 0) is 47.9 Å². The number of fused-ring (bicyclic) bond motifs is 1. The highest BCUT2D eigenvalue weighted by molar-refractivity contribution is 5.27. The van der Waals surface area contributed by atoms with Crippen molar-refractivity contribution in [3.8, 4) is 5.75 Å². The Morgan fingerprint density at radius 3 is 2.23 bits per heavy atom. The maximum absolute atomic E-state index is 15.3. The smallest absolute Gasteiger partial charge is 0.115 e. The molecule has 0 radical (unpaired) electrons. The van der Waals surface area contributed by atoms with Gasteiger partial charge in [0.15, 0.2) is 0 Å². The van der Waals surface area contributed by atoms with Crippen LogP contribution in [-0.4, -0.2) is 40.4 Å². The Morgan fingerprint density at radius 1 is 1.00 bits per heavy atom. The van der Waals surface area contributed by atoms with Crippen molar-refractivity contribution in [1.82, 2.24) is 4.90 Å². The maximum Gasteiger partial charge on any atom is 0.115 e. The number of alkyl halides is 1. The number of rotatable bonds is 5. The molecule has 3 nitrogen and oxygen atoms in total. The van der Waals surface area contributed by atoms with Gasteiger partial charge in [0.2, 0.25) is 0 Å². The predicted molar refractivity (Wildman–Crippen MR) is 99.7 cm³/mol. The number of phenols is 1. The molecule has 2 unspecified atom stereocenters. The van der Waals surface area contributed by atoms with Gasteiger partial charge < -0.3 is 10.2 Å². The van der Waals surface area contributed by atoms with Crippen molar-refractivity contribution in [3.63, 3.8) is 0 Å². The van der Waals surface area contributed by atoms with E-state index >= 15 is 4.39 Å². The first-order valence-corrected chi connectivity index (χ1v) is 9.43. The number of halogens is 1. The van der Waals surface area contributed by atoms with Gasteiger partial charge in [0.05, 0.1) is 6.10 Å². The second kappa shape index (κ2) is 7.01. The molecule has 1 saturated heterocycles. The van der Waals surface area contributed by atoms with Crippen LogP contribution < -0.4 is 0 Å². The van der Waals surface area contributed by atoms with Crippen molar-refractivity contribution < 1.29 is 14.6 Å². The van der Waals surface area contributed by atoms with Gasteiger partial charge in [-0.2, -0.15) is 0 Å². The van der Waals surface area contributed by atoms with Crippen LogP contribution in [0.1, 0.15) is 30.1 Å². The lowest BCUT2D eigenvalue weighted by molar-refractivity contribution is 0.108. The van der Waals surface area contributed by atoms with Crippen molar-refractivity contribution >= 4 is 0 Å². The van der Waals surface area contributed by atoms with Crippen molar-refractivity contribution in [3.05, 3.63) is 65.7 Å². The molecule has 2 fully saturated rings. The third kappa shape index (κ3) is 3.76. The number of likely N-dealkylation sites (tertiary alicyclic amines) is 1. The van der Waals surface area contributed by atoms with E-state index in [1.165, 1.54) is 0 Å². The van der Waals surface area contributed by atoms with Gasteiger partial charge in [0.25, 0.3) is 0 Å². The van der Waals surface area contributed by atoms with E-state index < -0.39 is 11.8 Å². The highest BCUT2D eigenvalue weighted by Gasteiger charge is 2.49. The quantitative estimate of drug-likeness (QED) is 0.859. The largest absolute Gasteiger partial charge is 0.508 e. The number of aliphatic hydroxyl groups is 1. The molecule has 4 rings (SSSR count). The molecule has 0 spiro atoms. The molecule has 2 aromatic carbocycles. The van der Waals surface area contributed by atoms with Crippen LogP contribution in [0, 0.1) is 11.8 Å². The van der Waals surface area contributed by atoms with E-state index in [0.717, 1.165) is 24.2 Å². The average molecular weight is 355 g/mol. The molecule has 2 aliphatic rings. The summed E-state index contributed by atoms with van der Waals surface area (Å²) in [5.74, 6) is 0.973. The SMILES string of the molecule is Oc1ccc([C@H](O)CN2CC3CC(F)(Cc4ccccc4)C[C@H]3C2)cc1. The molecule has 2 N–H and O–H groups in total. The van der Waals surface area contributed by atoms with Crippen LogP contribution in [0.4, 0.5) is 4.39 Å². The van der Waals surface area contributed by atoms with Gasteiger partial charge in [0, 0.05) is 26.1 Å². The molecule has 1 saturated carbocycles. The van der Waals surface area contributed by atoms with Crippen LogP contribution in [0.2, 0.25) is 0 Å². The summed E-state index contributed by atoms with van der Waals surface area (Å²) in [6.45, 7) is 2.29. The molecule has 1 heterocycles. The Morgan fingerprint density at radius 2 is 1.62 bits per heavy atom. The summed E-state index contributed by atoms with van der Waals surface area (Å²) in [6, 6.07) is 16.6. The zero-order valence-corrected chi connectivity index (χ0v) is 14.9. The van der Waals surface area contributed by atoms with Crippen LogP contribution in [-0.2, 0) is 6.42 Å². The molecule has 2 aromatic rings. The van der Waals surface area contributed by atoms with Gasteiger partial charge in [-0.3, -0.25) is 4.90 Å². The third-order valence-electron chi connectivity index (χ3n) is 5.98. The summed E-state index contributed by atoms with van der Waals surface area (Å²) in [5, 5.41) is 19.8. The number of aromatic hydroxyl groups is 1. The first kappa shape index (κ1) is 17.5. The molecule has 1 aliphatic heterocycles. The van der Waals surface area contributed by atoms with E-state index in [1.807, 2.05) is 30.3 Å². The molecule has 26 heavy (non-hydrogen) atoms. The first-order valence-electron chi connectivity index (χ1n) is 9.43. The lowest BCUT2D eigenvalue weighted by Gasteiger charge is -2.25. The number of hydrogen-bond acceptors (Lipinski definition) is 3. The monoisotopic (exact) mass is 355 g/mol. The zero-order valence-electron chi connectivity index (χ0n) is 14.9. The van der Waals surface area contributed by atoms with Crippen LogP contribution >= 0.6 is 0 Å². The highest BCUT2D eigenvalue weighted by Crippen LogP contribution is 2.47. The molecule has 0 bridgehead atoms. The van der Waals surface area contributed by atoms with E-state index in [0.29, 0.717) is 37.6 Å². The molecule has 4 atom stereocenters. The second-order valence-electron chi connectivity index (χ2n) is 8.07. The fraction of sp³-hybridized carbons (Fsp3) is 0.455. The number of phenolic OH excluding ortho intramolecular Hbond substituents is 1. The summed E-state index contributed by atoms with van der Waals surface area (Å²) in [6.07, 6.45) is 1.18. The molecule has 0 aromatic heterocycles. The maximum atomic E-state index is 15.3. The molecule has 1 aliphatic carbocycles. The number of benzene rings is 2. The molecular formula is C22H26FNO2. The Labute approximate surface area is 154 Å². The molecule has 0 amide bonds. The third-order valence-corrected chi connectivity index (χ3v) is 5.98. The van der Waals surface area contributed by atoms with Gasteiger partial charge in [0.1, 0.15) is 11.4 Å². The highest BCUT2D eigenvalue weighted by atomic mass is 19.1. The Hall–Kier alpha value is -1.91. The van der Waals surface area contributed by atoms with Gasteiger partial charge >= 0.3 is 0 Å². The summed E-state index contributed by atoms with van der Waals surface area (Å²) in [4.78, 5) is 2.26. The summed E-state index contributed by atoms with van der Waals surface area (Å²) in [5.41, 5.74) is 0.802. The molecular weight excluding hydrogens is 329 g/mol. The first-order chi connectivity index (χ1) is 12.5. The van der Waals surface area contributed by atoms with Crippen molar-refractivity contribution in [1.29, 1.82) is 0 Å². The van der Waals surface area contributed by atoms with Crippen molar-refractivity contribution in [2.45, 2.75) is 31.0 Å². The van der Waals surface area contributed by atoms with E-state index in [-0.39, 0.29) is 5.75 Å². The summed E-state index contributed by atoms with van der Waals surface area (Å²) >= 11 is 0. The minimum Gasteiger partial charge on any atom is -0.508 e. The molecule has 138 valence electrons. The van der Waals surface area contributed by atoms with Crippen LogP contribution in [0.15, 0.2) is 54.6 Å². The Bertz CT molecular complexity index is 720. The van der Waals surface area contributed by atoms with E-state index in [2.05, 4.69) is 4.90 Å². The van der Waals surface area contributed by atoms with Gasteiger partial charge in [-0.1, -0.05) is 42.5 Å². The van der Waals surface area contributed by atoms with E-state index in [4.69, 9.17) is 0 Å². The minimum atomic E-state index is -1.08. The predicted octanol–water partition coefficient (Wildman–Crippen LogP) is 3.72. The van der Waals surface area contributed by atoms with Gasteiger partial charge in [-0.15, -0.1) is 0 Å². The number of aliphatic hydroxyl groups excluding tert-OH is 1. The van der Waals surface area contributed by atoms with Crippen LogP contribution in [0.3, 0.4) is 0 Å². The average Bonchev–Trinajstić information content (AvgIpc) is 3.10. The number of nitrogens with zero attached hydrogens (tertiary/aromatic N) is 1. The zero-order chi connectivity index (χ0) is 18.1. The number of hydrogen-bond donors (Lipinski definition) is 2. The van der Waals surface area contributed by atoms with Crippen LogP contribution in [0.5, 0.6) is 5.75 Å². The minimum absolute atomic E-state index is 0.203. The summed E-state index contributed by atoms with van der Waals surface area (Å²) < 4.78 is 15.3. The molecule has 4 heteroatoms. The fourth-order valence-electron chi connectivity index (χ4n) is 4.82. The standard InChI is InChI=1S/C22H26FNO2/c23-22(10-16-4-2-1-3-5-16)11-18-13-24(14-19(18)12-22)15-21(26)17-6-8-20(25)9-7-17/h1-9,18-19,21,25-26H,10-15H2/t18-,19?,21+,22?/m0/s1. The normalized spacial score (nSPS) is 29.6. The lowest BCUT2D eigenvalue weighted by atomic mass is 9.93. The number of β-amino-alcohol motifs (C(OH)–C–C–N with tert-alkyl or cyclic N) is 1. The van der Waals surface area contributed by atoms with E-state index in [1.54, 1.807) is 24.3 Å². The van der Waals surface area contributed by atoms with Crippen molar-refractivity contribution in [2.24, 2.45) is 11.8 Å². The second-order valence-corrected chi connectivity index (χ2v) is 8.07. The topological polar surface area (TPSA) is 43.7 Å². The van der Waals surface area contributed by atoms with Crippen molar-refractivity contribution in [2.75, 3.05) is 19.6 Å². The van der Waals surface area contributed by atoms with Crippen LogP contribution in [0.25, 0.3) is 0 Å². The van der Waals surface area contributed by atoms with Gasteiger partial charge in [-0.25, -0.2) is 4.39 Å². The van der Waals surface area contributed by atoms with E-state index in [9.17, 15) is 10.2 Å². The Kier molecular flexibility index (Phi) is 4.72. The Balaban J connectivity index is 1.32. The summed E-state index contributed by atoms with van der Waals surface area (Å²) in [7, 11) is 0. The lowest BCUT2D eigenvalue weighted by Crippen LogP contribution is -2.31. The fourth-order valence-corrected chi connectivity index (χ4v) is 4.82.